The van der Waals surface area contributed by atoms with Crippen LogP contribution in [0, 0.1) is 5.92 Å². The van der Waals surface area contributed by atoms with Crippen molar-refractivity contribution < 1.29 is 9.53 Å². The molecule has 1 saturated heterocycles. The number of ether oxygens (including phenoxy) is 1. The smallest absolute Gasteiger partial charge is 0.227 e. The molecule has 2 atom stereocenters. The Kier molecular flexibility index (Phi) is 4.70. The summed E-state index contributed by atoms with van der Waals surface area (Å²) in [6.07, 6.45) is 1.31. The van der Waals surface area contributed by atoms with Gasteiger partial charge in [-0.1, -0.05) is 19.1 Å². The molecule has 0 N–H and O–H groups in total. The summed E-state index contributed by atoms with van der Waals surface area (Å²) in [6, 6.07) is 7.66. The van der Waals surface area contributed by atoms with E-state index in [9.17, 15) is 4.79 Å². The van der Waals surface area contributed by atoms with Gasteiger partial charge in [0.05, 0.1) is 13.5 Å². The van der Waals surface area contributed by atoms with Crippen LogP contribution in [0.1, 0.15) is 18.9 Å². The van der Waals surface area contributed by atoms with E-state index in [4.69, 9.17) is 16.3 Å². The first-order valence-electron chi connectivity index (χ1n) is 6.65. The first-order chi connectivity index (χ1) is 9.10. The SMILES string of the molecule is COc1cccc(CC(=O)N2CCC(Cl)C(C)C2)c1. The normalized spacial score (nSPS) is 23.2. The Morgan fingerprint density at radius 2 is 2.32 bits per heavy atom. The fourth-order valence-electron chi connectivity index (χ4n) is 2.41. The number of hydrogen-bond donors (Lipinski definition) is 0. The molecule has 1 amide bonds. The van der Waals surface area contributed by atoms with Crippen LogP contribution >= 0.6 is 11.6 Å². The Morgan fingerprint density at radius 3 is 3.00 bits per heavy atom. The number of likely N-dealkylation sites (tertiary alicyclic amines) is 1. The van der Waals surface area contributed by atoms with Crippen LogP contribution in [0.3, 0.4) is 0 Å². The van der Waals surface area contributed by atoms with E-state index in [2.05, 4.69) is 6.92 Å². The number of hydrogen-bond acceptors (Lipinski definition) is 2. The highest BCUT2D eigenvalue weighted by molar-refractivity contribution is 6.20. The van der Waals surface area contributed by atoms with Gasteiger partial charge in [0, 0.05) is 18.5 Å². The van der Waals surface area contributed by atoms with Gasteiger partial charge in [-0.15, -0.1) is 11.6 Å². The van der Waals surface area contributed by atoms with Gasteiger partial charge in [-0.05, 0) is 30.0 Å². The van der Waals surface area contributed by atoms with Gasteiger partial charge in [-0.25, -0.2) is 0 Å². The van der Waals surface area contributed by atoms with Crippen LogP contribution in [-0.2, 0) is 11.2 Å². The number of alkyl halides is 1. The lowest BCUT2D eigenvalue weighted by Crippen LogP contribution is -2.44. The van der Waals surface area contributed by atoms with Crippen LogP contribution in [-0.4, -0.2) is 36.4 Å². The Labute approximate surface area is 119 Å². The molecular formula is C15H20ClNO2. The zero-order valence-corrected chi connectivity index (χ0v) is 12.2. The second-order valence-corrected chi connectivity index (χ2v) is 5.71. The number of carbonyl (C=O) groups excluding carboxylic acids is 1. The third-order valence-corrected chi connectivity index (χ3v) is 4.29. The van der Waals surface area contributed by atoms with Crippen LogP contribution in [0.15, 0.2) is 24.3 Å². The molecule has 0 saturated carbocycles. The van der Waals surface area contributed by atoms with Gasteiger partial charge in [-0.3, -0.25) is 4.79 Å². The molecule has 0 aliphatic carbocycles. The maximum Gasteiger partial charge on any atom is 0.227 e. The summed E-state index contributed by atoms with van der Waals surface area (Å²) in [5.74, 6) is 1.33. The summed E-state index contributed by atoms with van der Waals surface area (Å²) < 4.78 is 5.17. The van der Waals surface area contributed by atoms with Gasteiger partial charge in [0.1, 0.15) is 5.75 Å². The molecule has 1 fully saturated rings. The number of carbonyl (C=O) groups is 1. The zero-order valence-electron chi connectivity index (χ0n) is 11.4. The van der Waals surface area contributed by atoms with E-state index in [-0.39, 0.29) is 11.3 Å². The molecule has 1 aromatic rings. The highest BCUT2D eigenvalue weighted by atomic mass is 35.5. The lowest BCUT2D eigenvalue weighted by atomic mass is 9.99. The molecule has 0 bridgehead atoms. The number of methoxy groups -OCH3 is 1. The minimum Gasteiger partial charge on any atom is -0.497 e. The molecule has 1 aliphatic heterocycles. The quantitative estimate of drug-likeness (QED) is 0.798. The molecular weight excluding hydrogens is 262 g/mol. The maximum atomic E-state index is 12.3. The van der Waals surface area contributed by atoms with Crippen molar-refractivity contribution in [1.82, 2.24) is 4.90 Å². The van der Waals surface area contributed by atoms with Crippen molar-refractivity contribution in [3.05, 3.63) is 29.8 Å². The number of halogens is 1. The van der Waals surface area contributed by atoms with Crippen LogP contribution in [0.25, 0.3) is 0 Å². The molecule has 4 heteroatoms. The summed E-state index contributed by atoms with van der Waals surface area (Å²) in [7, 11) is 1.63. The molecule has 3 nitrogen and oxygen atoms in total. The van der Waals surface area contributed by atoms with Gasteiger partial charge in [0.25, 0.3) is 0 Å². The predicted octanol–water partition coefficient (Wildman–Crippen LogP) is 2.71. The molecule has 0 aromatic heterocycles. The fourth-order valence-corrected chi connectivity index (χ4v) is 2.59. The third kappa shape index (κ3) is 3.63. The topological polar surface area (TPSA) is 29.5 Å². The van der Waals surface area contributed by atoms with Gasteiger partial charge >= 0.3 is 0 Å². The Morgan fingerprint density at radius 1 is 1.53 bits per heavy atom. The molecule has 104 valence electrons. The van der Waals surface area contributed by atoms with Gasteiger partial charge in [-0.2, -0.15) is 0 Å². The number of benzene rings is 1. The first-order valence-corrected chi connectivity index (χ1v) is 7.08. The van der Waals surface area contributed by atoms with Crippen LogP contribution in [0.2, 0.25) is 0 Å². The first kappa shape index (κ1) is 14.2. The van der Waals surface area contributed by atoms with Crippen LogP contribution in [0.4, 0.5) is 0 Å². The number of piperidine rings is 1. The van der Waals surface area contributed by atoms with Crippen molar-refractivity contribution in [2.24, 2.45) is 5.92 Å². The second-order valence-electron chi connectivity index (χ2n) is 5.15. The van der Waals surface area contributed by atoms with Gasteiger partial charge in [0.2, 0.25) is 5.91 Å². The van der Waals surface area contributed by atoms with Crippen molar-refractivity contribution in [3.8, 4) is 5.75 Å². The lowest BCUT2D eigenvalue weighted by Gasteiger charge is -2.34. The van der Waals surface area contributed by atoms with E-state index in [1.807, 2.05) is 29.2 Å². The molecule has 2 rings (SSSR count). The van der Waals surface area contributed by atoms with Crippen molar-refractivity contribution in [3.63, 3.8) is 0 Å². The highest BCUT2D eigenvalue weighted by Gasteiger charge is 2.27. The van der Waals surface area contributed by atoms with E-state index in [1.165, 1.54) is 0 Å². The van der Waals surface area contributed by atoms with E-state index >= 15 is 0 Å². The molecule has 1 aromatic carbocycles. The zero-order chi connectivity index (χ0) is 13.8. The second kappa shape index (κ2) is 6.29. The molecule has 0 radical (unpaired) electrons. The summed E-state index contributed by atoms with van der Waals surface area (Å²) in [4.78, 5) is 14.2. The number of rotatable bonds is 3. The number of nitrogens with zero attached hydrogens (tertiary/aromatic N) is 1. The third-order valence-electron chi connectivity index (χ3n) is 3.64. The number of amides is 1. The van der Waals surface area contributed by atoms with Crippen LogP contribution < -0.4 is 4.74 Å². The summed E-state index contributed by atoms with van der Waals surface area (Å²) in [5, 5.41) is 0.195. The van der Waals surface area contributed by atoms with Crippen molar-refractivity contribution in [2.45, 2.75) is 25.1 Å². The molecule has 19 heavy (non-hydrogen) atoms. The van der Waals surface area contributed by atoms with Crippen LogP contribution in [0.5, 0.6) is 5.75 Å². The average Bonchev–Trinajstić information content (AvgIpc) is 2.42. The molecule has 1 heterocycles. The monoisotopic (exact) mass is 281 g/mol. The summed E-state index contributed by atoms with van der Waals surface area (Å²) >= 11 is 6.18. The van der Waals surface area contributed by atoms with Gasteiger partial charge in [0.15, 0.2) is 0 Å². The Hall–Kier alpha value is -1.22. The standard InChI is InChI=1S/C15H20ClNO2/c1-11-10-17(7-6-14(11)16)15(18)9-12-4-3-5-13(8-12)19-2/h3-5,8,11,14H,6-7,9-10H2,1-2H3. The summed E-state index contributed by atoms with van der Waals surface area (Å²) in [5.41, 5.74) is 0.991. The average molecular weight is 282 g/mol. The van der Waals surface area contributed by atoms with Crippen molar-refractivity contribution in [2.75, 3.05) is 20.2 Å². The van der Waals surface area contributed by atoms with E-state index in [1.54, 1.807) is 7.11 Å². The highest BCUT2D eigenvalue weighted by Crippen LogP contribution is 2.22. The van der Waals surface area contributed by atoms with Crippen molar-refractivity contribution >= 4 is 17.5 Å². The minimum atomic E-state index is 0.170. The maximum absolute atomic E-state index is 12.3. The van der Waals surface area contributed by atoms with Crippen molar-refractivity contribution in [1.29, 1.82) is 0 Å². The fraction of sp³-hybridized carbons (Fsp3) is 0.533. The molecule has 1 aliphatic rings. The van der Waals surface area contributed by atoms with Gasteiger partial charge < -0.3 is 9.64 Å². The molecule has 2 unspecified atom stereocenters. The van der Waals surface area contributed by atoms with E-state index in [0.717, 1.165) is 30.8 Å². The largest absolute Gasteiger partial charge is 0.497 e. The minimum absolute atomic E-state index is 0.170. The predicted molar refractivity (Wildman–Crippen MR) is 76.7 cm³/mol. The molecule has 0 spiro atoms. The Bertz CT molecular complexity index is 450. The van der Waals surface area contributed by atoms with E-state index in [0.29, 0.717) is 12.3 Å². The summed E-state index contributed by atoms with van der Waals surface area (Å²) in [6.45, 7) is 3.63. The van der Waals surface area contributed by atoms with E-state index < -0.39 is 0 Å². The lowest BCUT2D eigenvalue weighted by molar-refractivity contribution is -0.132. The Balaban J connectivity index is 1.97.